The number of rotatable bonds is 1. The van der Waals surface area contributed by atoms with Gasteiger partial charge in [0.15, 0.2) is 5.96 Å². The van der Waals surface area contributed by atoms with Gasteiger partial charge in [0, 0.05) is 6.54 Å². The maximum Gasteiger partial charge on any atom is 0.189 e. The average molecular weight is 231 g/mol. The molecule has 0 aromatic carbocycles. The minimum atomic E-state index is -0.328. The van der Waals surface area contributed by atoms with E-state index in [1.54, 1.807) is 6.07 Å². The Morgan fingerprint density at radius 1 is 1.47 bits per heavy atom. The Balaban J connectivity index is 0.00000112. The largest absolute Gasteiger partial charge is 0.370 e. The minimum Gasteiger partial charge on any atom is -0.370 e. The van der Waals surface area contributed by atoms with Crippen molar-refractivity contribution in [2.75, 3.05) is 6.54 Å². The Morgan fingerprint density at radius 2 is 2.27 bits per heavy atom. The quantitative estimate of drug-likeness (QED) is 0.756. The number of pyridine rings is 1. The number of guanidine groups is 1. The third kappa shape index (κ3) is 2.79. The first kappa shape index (κ1) is 11.7. The maximum atomic E-state index is 12.6. The summed E-state index contributed by atoms with van der Waals surface area (Å²) < 4.78 is 12.6. The molecule has 2 heterocycles. The summed E-state index contributed by atoms with van der Waals surface area (Å²) in [7, 11) is 0. The van der Waals surface area contributed by atoms with Gasteiger partial charge in [0.25, 0.3) is 0 Å². The van der Waals surface area contributed by atoms with E-state index in [-0.39, 0.29) is 24.3 Å². The fourth-order valence-corrected chi connectivity index (χ4v) is 1.43. The van der Waals surface area contributed by atoms with Crippen molar-refractivity contribution in [3.05, 3.63) is 29.8 Å². The Morgan fingerprint density at radius 3 is 2.87 bits per heavy atom. The average Bonchev–Trinajstić information content (AvgIpc) is 2.19. The van der Waals surface area contributed by atoms with E-state index in [1.807, 2.05) is 0 Å². The summed E-state index contributed by atoms with van der Waals surface area (Å²) in [5, 5.41) is 2.99. The minimum absolute atomic E-state index is 0. The molecular weight excluding hydrogens is 219 g/mol. The molecule has 0 aliphatic carbocycles. The smallest absolute Gasteiger partial charge is 0.189 e. The van der Waals surface area contributed by atoms with Crippen LogP contribution in [0.1, 0.15) is 18.2 Å². The summed E-state index contributed by atoms with van der Waals surface area (Å²) in [5.41, 5.74) is 6.33. The van der Waals surface area contributed by atoms with Crippen molar-refractivity contribution in [1.82, 2.24) is 10.3 Å². The molecule has 1 unspecified atom stereocenters. The van der Waals surface area contributed by atoms with Crippen LogP contribution < -0.4 is 11.1 Å². The van der Waals surface area contributed by atoms with Crippen molar-refractivity contribution in [2.45, 2.75) is 12.5 Å². The molecule has 0 saturated heterocycles. The van der Waals surface area contributed by atoms with Crippen LogP contribution in [0.3, 0.4) is 0 Å². The highest BCUT2D eigenvalue weighted by Gasteiger charge is 2.16. The lowest BCUT2D eigenvalue weighted by molar-refractivity contribution is 0.548. The zero-order valence-corrected chi connectivity index (χ0v) is 8.80. The van der Waals surface area contributed by atoms with Crippen LogP contribution in [0.15, 0.2) is 23.3 Å². The van der Waals surface area contributed by atoms with Crippen molar-refractivity contribution >= 4 is 18.4 Å². The normalized spacial score (nSPS) is 19.8. The summed E-state index contributed by atoms with van der Waals surface area (Å²) in [4.78, 5) is 7.99. The second-order valence-electron chi connectivity index (χ2n) is 3.15. The zero-order chi connectivity index (χ0) is 9.97. The van der Waals surface area contributed by atoms with Crippen molar-refractivity contribution < 1.29 is 4.39 Å². The highest BCUT2D eigenvalue weighted by Crippen LogP contribution is 2.16. The van der Waals surface area contributed by atoms with Crippen LogP contribution in [0.25, 0.3) is 0 Å². The number of aromatic nitrogens is 1. The van der Waals surface area contributed by atoms with Gasteiger partial charge in [-0.2, -0.15) is 0 Å². The molecule has 1 aliphatic heterocycles. The topological polar surface area (TPSA) is 63.3 Å². The number of halogens is 2. The van der Waals surface area contributed by atoms with Gasteiger partial charge < -0.3 is 11.1 Å². The van der Waals surface area contributed by atoms with Gasteiger partial charge in [-0.05, 0) is 18.6 Å². The highest BCUT2D eigenvalue weighted by molar-refractivity contribution is 5.85. The first-order chi connectivity index (χ1) is 6.75. The molecule has 2 rings (SSSR count). The molecule has 0 radical (unpaired) electrons. The lowest BCUT2D eigenvalue weighted by atomic mass is 10.1. The number of hydrogen-bond donors (Lipinski definition) is 2. The Kier molecular flexibility index (Phi) is 3.85. The van der Waals surface area contributed by atoms with Gasteiger partial charge in [-0.25, -0.2) is 4.39 Å². The molecule has 0 saturated carbocycles. The van der Waals surface area contributed by atoms with Crippen LogP contribution in [0.5, 0.6) is 0 Å². The van der Waals surface area contributed by atoms with Gasteiger partial charge in [0.2, 0.25) is 0 Å². The van der Waals surface area contributed by atoms with Gasteiger partial charge in [0.05, 0.1) is 17.9 Å². The molecular formula is C9H12ClFN4. The van der Waals surface area contributed by atoms with E-state index < -0.39 is 0 Å². The van der Waals surface area contributed by atoms with Crippen molar-refractivity contribution in [3.63, 3.8) is 0 Å². The van der Waals surface area contributed by atoms with Gasteiger partial charge in [-0.3, -0.25) is 9.98 Å². The SMILES string of the molecule is Cl.NC1=NCCC(c2ccc(F)cn2)N1. The number of aliphatic imine (C=N–C) groups is 1. The molecule has 0 fully saturated rings. The van der Waals surface area contributed by atoms with E-state index in [1.165, 1.54) is 12.3 Å². The van der Waals surface area contributed by atoms with E-state index in [9.17, 15) is 4.39 Å². The molecule has 15 heavy (non-hydrogen) atoms. The molecule has 1 atom stereocenters. The second-order valence-corrected chi connectivity index (χ2v) is 3.15. The molecule has 1 aromatic heterocycles. The van der Waals surface area contributed by atoms with Crippen LogP contribution in [-0.2, 0) is 0 Å². The van der Waals surface area contributed by atoms with Crippen molar-refractivity contribution in [3.8, 4) is 0 Å². The fourth-order valence-electron chi connectivity index (χ4n) is 1.43. The van der Waals surface area contributed by atoms with Gasteiger partial charge in [-0.15, -0.1) is 12.4 Å². The molecule has 82 valence electrons. The number of nitrogens with one attached hydrogen (secondary N) is 1. The molecule has 6 heteroatoms. The van der Waals surface area contributed by atoms with E-state index in [0.717, 1.165) is 12.1 Å². The predicted molar refractivity (Wildman–Crippen MR) is 58.4 cm³/mol. The van der Waals surface area contributed by atoms with Crippen LogP contribution in [0, 0.1) is 5.82 Å². The molecule has 0 spiro atoms. The summed E-state index contributed by atoms with van der Waals surface area (Å²) in [6.45, 7) is 0.683. The van der Waals surface area contributed by atoms with Crippen molar-refractivity contribution in [2.24, 2.45) is 10.7 Å². The van der Waals surface area contributed by atoms with Gasteiger partial charge in [-0.1, -0.05) is 0 Å². The predicted octanol–water partition coefficient (Wildman–Crippen LogP) is 0.992. The lowest BCUT2D eigenvalue weighted by Crippen LogP contribution is -2.39. The molecule has 4 nitrogen and oxygen atoms in total. The maximum absolute atomic E-state index is 12.6. The Hall–Kier alpha value is -1.36. The van der Waals surface area contributed by atoms with E-state index in [4.69, 9.17) is 5.73 Å². The van der Waals surface area contributed by atoms with E-state index >= 15 is 0 Å². The monoisotopic (exact) mass is 230 g/mol. The zero-order valence-electron chi connectivity index (χ0n) is 7.98. The van der Waals surface area contributed by atoms with E-state index in [2.05, 4.69) is 15.3 Å². The summed E-state index contributed by atoms with van der Waals surface area (Å²) in [6.07, 6.45) is 2.04. The Labute approximate surface area is 93.2 Å². The number of nitrogens with two attached hydrogens (primary N) is 1. The van der Waals surface area contributed by atoms with Gasteiger partial charge in [0.1, 0.15) is 5.82 Å². The summed E-state index contributed by atoms with van der Waals surface area (Å²) in [6, 6.07) is 3.10. The lowest BCUT2D eigenvalue weighted by Gasteiger charge is -2.21. The molecule has 0 bridgehead atoms. The fraction of sp³-hybridized carbons (Fsp3) is 0.333. The Bertz CT molecular complexity index is 352. The molecule has 0 amide bonds. The third-order valence-electron chi connectivity index (χ3n) is 2.13. The standard InChI is InChI=1S/C9H11FN4.ClH/c10-6-1-2-7(13-5-6)8-3-4-12-9(11)14-8;/h1-2,5,8H,3-4H2,(H3,11,12,14);1H. The number of hydrogen-bond acceptors (Lipinski definition) is 4. The summed E-state index contributed by atoms with van der Waals surface area (Å²) >= 11 is 0. The van der Waals surface area contributed by atoms with Crippen LogP contribution in [0.2, 0.25) is 0 Å². The molecule has 3 N–H and O–H groups in total. The van der Waals surface area contributed by atoms with Crippen LogP contribution in [-0.4, -0.2) is 17.5 Å². The second kappa shape index (κ2) is 4.93. The first-order valence-corrected chi connectivity index (χ1v) is 4.43. The van der Waals surface area contributed by atoms with E-state index in [0.29, 0.717) is 12.5 Å². The third-order valence-corrected chi connectivity index (χ3v) is 2.13. The molecule has 1 aliphatic rings. The summed E-state index contributed by atoms with van der Waals surface area (Å²) in [5.74, 6) is 0.0959. The van der Waals surface area contributed by atoms with Crippen LogP contribution in [0.4, 0.5) is 4.39 Å². The molecule has 1 aromatic rings. The van der Waals surface area contributed by atoms with Crippen molar-refractivity contribution in [1.29, 1.82) is 0 Å². The van der Waals surface area contributed by atoms with Gasteiger partial charge >= 0.3 is 0 Å². The van der Waals surface area contributed by atoms with Crippen LogP contribution >= 0.6 is 12.4 Å². The first-order valence-electron chi connectivity index (χ1n) is 4.43. The highest BCUT2D eigenvalue weighted by atomic mass is 35.5. The number of nitrogens with zero attached hydrogens (tertiary/aromatic N) is 2.